The minimum atomic E-state index is -4.31. The van der Waals surface area contributed by atoms with Crippen LogP contribution >= 0.6 is 22.7 Å². The molecule has 0 radical (unpaired) electrons. The zero-order valence-electron chi connectivity index (χ0n) is 28.9. The molecule has 0 saturated carbocycles. The quantitative estimate of drug-likeness (QED) is 0.0889. The number of hydrogen-bond acceptors (Lipinski definition) is 9. The first kappa shape index (κ1) is 38.8. The molecule has 13 heteroatoms. The van der Waals surface area contributed by atoms with E-state index in [-0.39, 0.29) is 53.2 Å². The van der Waals surface area contributed by atoms with E-state index >= 15 is 0 Å². The summed E-state index contributed by atoms with van der Waals surface area (Å²) in [5, 5.41) is 4.54. The van der Waals surface area contributed by atoms with Crippen molar-refractivity contribution in [3.05, 3.63) is 108 Å². The van der Waals surface area contributed by atoms with Crippen molar-refractivity contribution in [2.24, 2.45) is 0 Å². The predicted octanol–water partition coefficient (Wildman–Crippen LogP) is 4.72. The van der Waals surface area contributed by atoms with Crippen molar-refractivity contribution in [1.29, 1.82) is 0 Å². The maximum Gasteiger partial charge on any atom is 1.00 e. The molecule has 0 saturated heterocycles. The van der Waals surface area contributed by atoms with E-state index in [0.717, 1.165) is 21.4 Å². The molecule has 258 valence electrons. The monoisotopic (exact) mass is 758 g/mol. The summed E-state index contributed by atoms with van der Waals surface area (Å²) in [4.78, 5) is 2.16. The van der Waals surface area contributed by atoms with E-state index in [2.05, 4.69) is 73.6 Å². The standard InChI is InChI=1S/C37H40N2O6S4.Na/c1-36(2)30(38(22-14-24-48(40,41)42)34-32(36)26-16-10-12-18-28(26)46-34)20-8-6-5-7-9-21-31-37(3,4)33-27-17-11-13-19-29(27)47-35(33)39(31)23-15-25-49(43,44)45;/h5-13,16-21H,14-15,22-25H2,1-4H3,(H-,40,41,42,43,44,45);/q;+1/p-1. The Labute approximate surface area is 325 Å². The molecule has 2 aromatic heterocycles. The molecule has 0 spiro atoms. The number of benzene rings is 2. The van der Waals surface area contributed by atoms with Gasteiger partial charge < -0.3 is 14.0 Å². The molecular formula is C37H39N2NaO6S4. The van der Waals surface area contributed by atoms with Crippen molar-refractivity contribution in [3.63, 3.8) is 0 Å². The minimum absolute atomic E-state index is 0. The number of anilines is 1. The van der Waals surface area contributed by atoms with Gasteiger partial charge in [0.25, 0.3) is 5.00 Å². The molecule has 0 atom stereocenters. The average molecular weight is 759 g/mol. The number of hydrogen-bond donors (Lipinski definition) is 0. The second-order valence-corrected chi connectivity index (χ2v) is 18.5. The van der Waals surface area contributed by atoms with Gasteiger partial charge in [0.1, 0.15) is 5.00 Å². The topological polar surface area (TPSA) is 121 Å². The van der Waals surface area contributed by atoms with Crippen LogP contribution in [0.4, 0.5) is 10.0 Å². The van der Waals surface area contributed by atoms with Gasteiger partial charge in [-0.1, -0.05) is 92.0 Å². The Bertz CT molecular complexity index is 2310. The van der Waals surface area contributed by atoms with Crippen LogP contribution in [0.5, 0.6) is 0 Å². The van der Waals surface area contributed by atoms with E-state index < -0.39 is 31.7 Å². The van der Waals surface area contributed by atoms with Gasteiger partial charge in [-0.15, -0.1) is 11.3 Å². The van der Waals surface area contributed by atoms with Gasteiger partial charge in [-0.25, -0.2) is 16.8 Å². The third-order valence-electron chi connectivity index (χ3n) is 9.26. The summed E-state index contributed by atoms with van der Waals surface area (Å²) >= 11 is 3.37. The van der Waals surface area contributed by atoms with Crippen molar-refractivity contribution >= 4 is 78.8 Å². The fourth-order valence-electron chi connectivity index (χ4n) is 7.13. The van der Waals surface area contributed by atoms with Crippen molar-refractivity contribution in [2.75, 3.05) is 29.5 Å². The number of nitrogens with zero attached hydrogens (tertiary/aromatic N) is 2. The molecule has 4 aromatic rings. The van der Waals surface area contributed by atoms with E-state index in [1.54, 1.807) is 22.7 Å². The number of rotatable bonds is 12. The molecule has 2 aliphatic rings. The molecule has 4 heterocycles. The first-order valence-electron chi connectivity index (χ1n) is 16.2. The van der Waals surface area contributed by atoms with Crippen LogP contribution in [0, 0.1) is 0 Å². The number of fused-ring (bicyclic) bond motifs is 6. The zero-order valence-corrected chi connectivity index (χ0v) is 34.1. The molecule has 2 aliphatic heterocycles. The van der Waals surface area contributed by atoms with E-state index in [4.69, 9.17) is 0 Å². The summed E-state index contributed by atoms with van der Waals surface area (Å²) in [6.07, 6.45) is 14.4. The fourth-order valence-corrected chi connectivity index (χ4v) is 10.9. The summed E-state index contributed by atoms with van der Waals surface area (Å²) in [7, 11) is -8.61. The summed E-state index contributed by atoms with van der Waals surface area (Å²) in [5.74, 6) is -0.811. The van der Waals surface area contributed by atoms with Crippen molar-refractivity contribution in [2.45, 2.75) is 51.4 Å². The molecule has 6 rings (SSSR count). The van der Waals surface area contributed by atoms with Gasteiger partial charge in [-0.2, -0.15) is 4.58 Å². The van der Waals surface area contributed by atoms with Gasteiger partial charge in [-0.3, -0.25) is 0 Å². The van der Waals surface area contributed by atoms with E-state index in [1.165, 1.54) is 31.3 Å². The van der Waals surface area contributed by atoms with Gasteiger partial charge >= 0.3 is 29.6 Å². The minimum Gasteiger partial charge on any atom is -0.748 e. The summed E-state index contributed by atoms with van der Waals surface area (Å²) < 4.78 is 72.7. The van der Waals surface area contributed by atoms with Crippen LogP contribution in [0.2, 0.25) is 0 Å². The molecule has 0 amide bonds. The maximum atomic E-state index is 11.4. The Balaban J connectivity index is 0.00000486. The SMILES string of the molecule is CC1(C)C(/C=C/C=C/C=C/C=C2\N(CCCS(=O)(=O)[O-])c3sc4ccccc4c3C2(C)C)=[N+](CCCS(=O)(=O)[O-])c2sc3ccccc3c21.[Na+]. The van der Waals surface area contributed by atoms with Crippen LogP contribution in [0.15, 0.2) is 96.8 Å². The molecule has 0 fully saturated rings. The van der Waals surface area contributed by atoms with Crippen LogP contribution in [0.25, 0.3) is 20.2 Å². The second-order valence-electron chi connectivity index (χ2n) is 13.4. The first-order chi connectivity index (χ1) is 23.1. The van der Waals surface area contributed by atoms with Crippen LogP contribution < -0.4 is 34.5 Å². The molecular weight excluding hydrogens is 720 g/mol. The Morgan fingerprint density at radius 3 is 1.96 bits per heavy atom. The van der Waals surface area contributed by atoms with Crippen molar-refractivity contribution < 1.29 is 60.1 Å². The molecule has 0 N–H and O–H groups in total. The smallest absolute Gasteiger partial charge is 0.748 e. The Morgan fingerprint density at radius 2 is 1.30 bits per heavy atom. The maximum absolute atomic E-state index is 11.4. The molecule has 50 heavy (non-hydrogen) atoms. The van der Waals surface area contributed by atoms with Gasteiger partial charge in [0, 0.05) is 62.0 Å². The molecule has 2 aromatic carbocycles. The average Bonchev–Trinajstić information content (AvgIpc) is 3.70. The number of thiophene rings is 2. The Morgan fingerprint density at radius 1 is 0.740 bits per heavy atom. The third kappa shape index (κ3) is 7.84. The summed E-state index contributed by atoms with van der Waals surface area (Å²) in [6.45, 7) is 9.55. The zero-order chi connectivity index (χ0) is 35.2. The van der Waals surface area contributed by atoms with Crippen LogP contribution in [-0.2, 0) is 31.1 Å². The van der Waals surface area contributed by atoms with E-state index in [1.807, 2.05) is 54.6 Å². The van der Waals surface area contributed by atoms with Crippen LogP contribution in [0.1, 0.15) is 51.7 Å². The van der Waals surface area contributed by atoms with Gasteiger partial charge in [-0.05, 0) is 43.9 Å². The largest absolute Gasteiger partial charge is 1.00 e. The van der Waals surface area contributed by atoms with Gasteiger partial charge in [0.05, 0.1) is 31.2 Å². The van der Waals surface area contributed by atoms with E-state index in [0.29, 0.717) is 13.1 Å². The van der Waals surface area contributed by atoms with Gasteiger partial charge in [0.15, 0.2) is 12.3 Å². The van der Waals surface area contributed by atoms with Crippen molar-refractivity contribution in [3.8, 4) is 0 Å². The molecule has 8 nitrogen and oxygen atoms in total. The molecule has 0 bridgehead atoms. The Hall–Kier alpha value is -2.39. The van der Waals surface area contributed by atoms with E-state index in [9.17, 15) is 25.9 Å². The normalized spacial score (nSPS) is 18.0. The van der Waals surface area contributed by atoms with Crippen LogP contribution in [0.3, 0.4) is 0 Å². The van der Waals surface area contributed by atoms with Crippen LogP contribution in [-0.4, -0.2) is 60.8 Å². The fraction of sp³-hybridized carbons (Fsp3) is 0.324. The summed E-state index contributed by atoms with van der Waals surface area (Å²) in [5.41, 5.74) is 3.85. The Kier molecular flexibility index (Phi) is 11.6. The predicted molar refractivity (Wildman–Crippen MR) is 201 cm³/mol. The summed E-state index contributed by atoms with van der Waals surface area (Å²) in [6, 6.07) is 16.5. The van der Waals surface area contributed by atoms with Crippen molar-refractivity contribution in [1.82, 2.24) is 0 Å². The third-order valence-corrected chi connectivity index (χ3v) is 13.2. The molecule has 0 aliphatic carbocycles. The first-order valence-corrected chi connectivity index (χ1v) is 20.9. The van der Waals surface area contributed by atoms with Gasteiger partial charge in [0.2, 0.25) is 0 Å². The second kappa shape index (κ2) is 14.9. The molecule has 0 unspecified atom stereocenters. The number of allylic oxidation sites excluding steroid dienone is 8.